The quantitative estimate of drug-likeness (QED) is 0.264. The Kier molecular flexibility index (Phi) is 7.33. The number of aromatic nitrogens is 3. The molecule has 1 fully saturated rings. The second-order valence-corrected chi connectivity index (χ2v) is 9.69. The first-order valence-electron chi connectivity index (χ1n) is 12.4. The summed E-state index contributed by atoms with van der Waals surface area (Å²) in [6.45, 7) is 2.28. The summed E-state index contributed by atoms with van der Waals surface area (Å²) in [5.41, 5.74) is 2.29. The average Bonchev–Trinajstić information content (AvgIpc) is 3.16. The van der Waals surface area contributed by atoms with Gasteiger partial charge in [0, 0.05) is 32.2 Å². The van der Waals surface area contributed by atoms with Gasteiger partial charge >= 0.3 is 6.01 Å². The molecule has 3 heterocycles. The maximum Gasteiger partial charge on any atom is 0.328 e. The topological polar surface area (TPSA) is 57.6 Å². The summed E-state index contributed by atoms with van der Waals surface area (Å²) >= 11 is 0. The Labute approximate surface area is 216 Å². The van der Waals surface area contributed by atoms with Crippen LogP contribution >= 0.6 is 0 Å². The van der Waals surface area contributed by atoms with Crippen molar-refractivity contribution in [2.75, 3.05) is 43.5 Å². The summed E-state index contributed by atoms with van der Waals surface area (Å²) in [5, 5.41) is 0. The Hall–Kier alpha value is -3.54. The lowest BCUT2D eigenvalue weighted by molar-refractivity contribution is 0.248. The van der Waals surface area contributed by atoms with Crippen molar-refractivity contribution >= 4 is 11.9 Å². The van der Waals surface area contributed by atoms with E-state index in [1.807, 2.05) is 42.1 Å². The second kappa shape index (κ2) is 10.7. The first kappa shape index (κ1) is 26.1. The molecule has 2 aromatic carbocycles. The van der Waals surface area contributed by atoms with Gasteiger partial charge in [0.15, 0.2) is 0 Å². The fourth-order valence-electron chi connectivity index (χ4n) is 4.88. The Morgan fingerprint density at radius 2 is 1.34 bits per heavy atom. The van der Waals surface area contributed by atoms with Gasteiger partial charge in [0.05, 0.1) is 0 Å². The van der Waals surface area contributed by atoms with Crippen LogP contribution in [0, 0.1) is 29.1 Å². The highest BCUT2D eigenvalue weighted by atomic mass is 19.2. The third-order valence-electron chi connectivity index (χ3n) is 7.07. The molecule has 0 bridgehead atoms. The van der Waals surface area contributed by atoms with Crippen LogP contribution in [-0.4, -0.2) is 59.6 Å². The van der Waals surface area contributed by atoms with E-state index in [1.54, 1.807) is 0 Å². The normalized spacial score (nSPS) is 16.5. The van der Waals surface area contributed by atoms with Gasteiger partial charge < -0.3 is 19.4 Å². The lowest BCUT2D eigenvalue weighted by Crippen LogP contribution is -2.42. The summed E-state index contributed by atoms with van der Waals surface area (Å²) in [6, 6.07) is 7.80. The molecule has 1 aromatic heterocycles. The molecule has 202 valence electrons. The third-order valence-corrected chi connectivity index (χ3v) is 7.07. The van der Waals surface area contributed by atoms with Crippen molar-refractivity contribution < 1.29 is 26.7 Å². The number of halogens is 5. The molecule has 3 aromatic rings. The molecule has 38 heavy (non-hydrogen) atoms. The van der Waals surface area contributed by atoms with Crippen molar-refractivity contribution in [3.8, 4) is 11.8 Å². The summed E-state index contributed by atoms with van der Waals surface area (Å²) < 4.78 is 75.1. The molecule has 0 spiro atoms. The molecule has 0 saturated carbocycles. The van der Waals surface area contributed by atoms with Gasteiger partial charge in [-0.3, -0.25) is 0 Å². The van der Waals surface area contributed by atoms with Crippen LogP contribution in [0.25, 0.3) is 0 Å². The standard InChI is InChI=1S/C26H27F5N6O/c1-35(2)17-9-12-36(13-10-17)24-32-25(37-11-5-8-15-6-3-4-7-16(15)14-37)34-26(33-24)38-23-21(30)19(28)18(27)20(29)22(23)31/h3-4,6-7,17H,5,8-14H2,1-2H3. The minimum absolute atomic E-state index is 0.195. The third kappa shape index (κ3) is 5.09. The molecular formula is C26H27F5N6O. The zero-order valence-electron chi connectivity index (χ0n) is 21.0. The van der Waals surface area contributed by atoms with Gasteiger partial charge in [-0.25, -0.2) is 13.2 Å². The number of aryl methyl sites for hydroxylation is 1. The highest BCUT2D eigenvalue weighted by Gasteiger charge is 2.30. The van der Waals surface area contributed by atoms with Gasteiger partial charge in [-0.15, -0.1) is 0 Å². The lowest BCUT2D eigenvalue weighted by atomic mass is 10.0. The molecule has 0 unspecified atom stereocenters. The van der Waals surface area contributed by atoms with E-state index in [1.165, 1.54) is 5.56 Å². The van der Waals surface area contributed by atoms with E-state index in [4.69, 9.17) is 4.74 Å². The summed E-state index contributed by atoms with van der Waals surface area (Å²) in [4.78, 5) is 19.0. The van der Waals surface area contributed by atoms with Gasteiger partial charge in [0.2, 0.25) is 46.7 Å². The van der Waals surface area contributed by atoms with E-state index in [0.717, 1.165) is 31.2 Å². The molecule has 0 radical (unpaired) electrons. The highest BCUT2D eigenvalue weighted by molar-refractivity contribution is 5.44. The summed E-state index contributed by atoms with van der Waals surface area (Å²) in [5.74, 6) is -11.7. The number of hydrogen-bond donors (Lipinski definition) is 0. The number of rotatable bonds is 5. The fourth-order valence-corrected chi connectivity index (χ4v) is 4.88. The molecule has 0 amide bonds. The van der Waals surface area contributed by atoms with Crippen LogP contribution < -0.4 is 14.5 Å². The van der Waals surface area contributed by atoms with Gasteiger partial charge in [-0.05, 0) is 50.9 Å². The van der Waals surface area contributed by atoms with Crippen molar-refractivity contribution in [2.45, 2.75) is 38.3 Å². The number of benzene rings is 2. The number of hydrogen-bond acceptors (Lipinski definition) is 7. The second-order valence-electron chi connectivity index (χ2n) is 9.69. The highest BCUT2D eigenvalue weighted by Crippen LogP contribution is 2.33. The number of anilines is 2. The van der Waals surface area contributed by atoms with Gasteiger partial charge in [-0.1, -0.05) is 24.3 Å². The van der Waals surface area contributed by atoms with E-state index in [9.17, 15) is 22.0 Å². The largest absolute Gasteiger partial charge is 0.418 e. The maximum absolute atomic E-state index is 14.4. The predicted octanol–water partition coefficient (Wildman–Crippen LogP) is 4.84. The molecule has 0 aliphatic carbocycles. The van der Waals surface area contributed by atoms with Crippen LogP contribution in [0.3, 0.4) is 0 Å². The average molecular weight is 535 g/mol. The minimum atomic E-state index is -2.27. The lowest BCUT2D eigenvalue weighted by Gasteiger charge is -2.35. The first-order chi connectivity index (χ1) is 18.2. The molecule has 0 N–H and O–H groups in total. The molecule has 7 nitrogen and oxygen atoms in total. The first-order valence-corrected chi connectivity index (χ1v) is 12.4. The minimum Gasteiger partial charge on any atom is -0.418 e. The number of piperidine rings is 1. The molecule has 2 aliphatic rings. The Morgan fingerprint density at radius 3 is 1.97 bits per heavy atom. The Bertz CT molecular complexity index is 1300. The Morgan fingerprint density at radius 1 is 0.763 bits per heavy atom. The van der Waals surface area contributed by atoms with Crippen LogP contribution in [0.1, 0.15) is 30.4 Å². The van der Waals surface area contributed by atoms with Crippen molar-refractivity contribution in [1.82, 2.24) is 19.9 Å². The van der Waals surface area contributed by atoms with Crippen LogP contribution in [0.15, 0.2) is 24.3 Å². The maximum atomic E-state index is 14.4. The van der Waals surface area contributed by atoms with E-state index in [2.05, 4.69) is 25.9 Å². The van der Waals surface area contributed by atoms with E-state index in [-0.39, 0.29) is 11.9 Å². The number of nitrogens with zero attached hydrogens (tertiary/aromatic N) is 6. The molecule has 1 saturated heterocycles. The molecule has 2 aliphatic heterocycles. The zero-order chi connectivity index (χ0) is 27.0. The van der Waals surface area contributed by atoms with Gasteiger partial charge in [0.25, 0.3) is 0 Å². The smallest absolute Gasteiger partial charge is 0.328 e. The molecule has 0 atom stereocenters. The fraction of sp³-hybridized carbons (Fsp3) is 0.423. The van der Waals surface area contributed by atoms with Gasteiger partial charge in [0.1, 0.15) is 0 Å². The van der Waals surface area contributed by atoms with Crippen LogP contribution in [0.4, 0.5) is 33.8 Å². The zero-order valence-corrected chi connectivity index (χ0v) is 21.0. The van der Waals surface area contributed by atoms with Crippen LogP contribution in [0.5, 0.6) is 11.8 Å². The van der Waals surface area contributed by atoms with Gasteiger partial charge in [-0.2, -0.15) is 23.7 Å². The van der Waals surface area contributed by atoms with E-state index in [0.29, 0.717) is 32.2 Å². The summed E-state index contributed by atoms with van der Waals surface area (Å²) in [7, 11) is 4.02. The van der Waals surface area contributed by atoms with E-state index < -0.39 is 40.8 Å². The van der Waals surface area contributed by atoms with Crippen LogP contribution in [-0.2, 0) is 13.0 Å². The van der Waals surface area contributed by atoms with Crippen molar-refractivity contribution in [1.29, 1.82) is 0 Å². The molecule has 5 rings (SSSR count). The van der Waals surface area contributed by atoms with Crippen molar-refractivity contribution in [3.63, 3.8) is 0 Å². The summed E-state index contributed by atoms with van der Waals surface area (Å²) in [6.07, 6.45) is 3.33. The molecular weight excluding hydrogens is 507 g/mol. The van der Waals surface area contributed by atoms with Crippen LogP contribution in [0.2, 0.25) is 0 Å². The van der Waals surface area contributed by atoms with Crippen molar-refractivity contribution in [3.05, 3.63) is 64.5 Å². The SMILES string of the molecule is CN(C)C1CCN(c2nc(Oc3c(F)c(F)c(F)c(F)c3F)nc(N3CCCc4ccccc4C3)n2)CC1. The number of fused-ring (bicyclic) bond motifs is 1. The Balaban J connectivity index is 1.53. The molecule has 12 heteroatoms. The van der Waals surface area contributed by atoms with E-state index >= 15 is 0 Å². The number of ether oxygens (including phenoxy) is 1. The van der Waals surface area contributed by atoms with Crippen molar-refractivity contribution in [2.24, 2.45) is 0 Å². The monoisotopic (exact) mass is 534 g/mol. The predicted molar refractivity (Wildman–Crippen MR) is 131 cm³/mol.